The van der Waals surface area contributed by atoms with Gasteiger partial charge in [0.1, 0.15) is 11.9 Å². The summed E-state index contributed by atoms with van der Waals surface area (Å²) in [6.07, 6.45) is 11.2. The minimum absolute atomic E-state index is 0.0914. The van der Waals surface area contributed by atoms with E-state index in [0.717, 1.165) is 61.2 Å². The Kier molecular flexibility index (Phi) is 8.04. The third-order valence-corrected chi connectivity index (χ3v) is 12.4. The van der Waals surface area contributed by atoms with Gasteiger partial charge in [0.05, 0.1) is 31.8 Å². The van der Waals surface area contributed by atoms with E-state index in [1.165, 1.54) is 75.6 Å². The average molecular weight is 640 g/mol. The molecule has 4 fully saturated rings. The Morgan fingerprint density at radius 2 is 1.91 bits per heavy atom. The van der Waals surface area contributed by atoms with Gasteiger partial charge in [0.25, 0.3) is 5.91 Å². The van der Waals surface area contributed by atoms with Crippen molar-refractivity contribution in [2.45, 2.75) is 94.4 Å². The van der Waals surface area contributed by atoms with E-state index in [-0.39, 0.29) is 17.1 Å². The van der Waals surface area contributed by atoms with E-state index in [2.05, 4.69) is 18.0 Å². The molecule has 1 aromatic carbocycles. The van der Waals surface area contributed by atoms with Gasteiger partial charge in [0.15, 0.2) is 11.3 Å². The van der Waals surface area contributed by atoms with Crippen LogP contribution in [0.15, 0.2) is 71.9 Å². The number of carbonyl (C=O) groups is 1. The Bertz CT molecular complexity index is 1460. The van der Waals surface area contributed by atoms with Gasteiger partial charge in [-0.15, -0.1) is 0 Å². The van der Waals surface area contributed by atoms with E-state index in [0.29, 0.717) is 12.0 Å². The van der Waals surface area contributed by atoms with Crippen LogP contribution in [0.25, 0.3) is 5.76 Å². The van der Waals surface area contributed by atoms with Crippen LogP contribution in [0.5, 0.6) is 0 Å². The first-order valence-corrected chi connectivity index (χ1v) is 17.1. The molecule has 2 bridgehead atoms. The lowest BCUT2D eigenvalue weighted by molar-refractivity contribution is -0.961. The summed E-state index contributed by atoms with van der Waals surface area (Å²) >= 11 is 0. The maximum Gasteiger partial charge on any atom is 0.425 e. The van der Waals surface area contributed by atoms with Crippen LogP contribution in [0.4, 0.5) is 13.2 Å². The molecule has 0 aromatic heterocycles. The maximum absolute atomic E-state index is 14.4. The van der Waals surface area contributed by atoms with Crippen LogP contribution in [0, 0.1) is 17.3 Å². The van der Waals surface area contributed by atoms with Gasteiger partial charge in [-0.3, -0.25) is 4.79 Å². The lowest BCUT2D eigenvalue weighted by Crippen LogP contribution is -2.71. The zero-order chi connectivity index (χ0) is 32.3. The molecule has 0 radical (unpaired) electrons. The second-order valence-electron chi connectivity index (χ2n) is 14.5. The van der Waals surface area contributed by atoms with Crippen molar-refractivity contribution in [1.82, 2.24) is 5.32 Å². The first-order chi connectivity index (χ1) is 22.1. The number of aliphatic hydroxyl groups excluding tert-OH is 1. The Labute approximate surface area is 269 Å². The predicted octanol–water partition coefficient (Wildman–Crippen LogP) is 7.16. The number of aliphatic hydroxyl groups is 1. The van der Waals surface area contributed by atoms with Gasteiger partial charge in [-0.05, 0) is 49.0 Å². The number of alkyl halides is 3. The molecule has 1 spiro atoms. The summed E-state index contributed by atoms with van der Waals surface area (Å²) in [5.41, 5.74) is -1.34. The SMILES string of the molecule is C=CC[N+]1(CC2CCCCC2)CC[C@]23C4=C5C=CC(NC(=O)C(=C(O)c6ccccc6)C(F)(F)F)(OC)C4O[C@H]2CCC[C@H]3[C@H]1C5. The van der Waals surface area contributed by atoms with Gasteiger partial charge in [0, 0.05) is 42.8 Å². The van der Waals surface area contributed by atoms with E-state index in [9.17, 15) is 23.1 Å². The van der Waals surface area contributed by atoms with Gasteiger partial charge in [0.2, 0.25) is 0 Å². The van der Waals surface area contributed by atoms with Gasteiger partial charge in [-0.2, -0.15) is 13.2 Å². The van der Waals surface area contributed by atoms with Gasteiger partial charge >= 0.3 is 6.18 Å². The van der Waals surface area contributed by atoms with E-state index < -0.39 is 35.2 Å². The molecule has 7 atom stereocenters. The van der Waals surface area contributed by atoms with Crippen molar-refractivity contribution in [2.75, 3.05) is 26.7 Å². The number of benzene rings is 1. The van der Waals surface area contributed by atoms with E-state index in [1.54, 1.807) is 12.1 Å². The Hall–Kier alpha value is -2.88. The zero-order valence-electron chi connectivity index (χ0n) is 26.7. The Balaban J connectivity index is 1.26. The van der Waals surface area contributed by atoms with Crippen molar-refractivity contribution < 1.29 is 37.0 Å². The quantitative estimate of drug-likeness (QED) is 0.104. The molecule has 2 heterocycles. The van der Waals surface area contributed by atoms with Crippen LogP contribution >= 0.6 is 0 Å². The van der Waals surface area contributed by atoms with Crippen LogP contribution < -0.4 is 5.32 Å². The number of nitrogens with one attached hydrogen (secondary N) is 1. The highest BCUT2D eigenvalue weighted by Gasteiger charge is 2.71. The minimum atomic E-state index is -5.11. The largest absolute Gasteiger partial charge is 0.506 e. The van der Waals surface area contributed by atoms with Crippen molar-refractivity contribution in [3.63, 3.8) is 0 Å². The number of amides is 1. The summed E-state index contributed by atoms with van der Waals surface area (Å²) in [5.74, 6) is -1.47. The summed E-state index contributed by atoms with van der Waals surface area (Å²) in [7, 11) is 1.40. The normalized spacial score (nSPS) is 37.4. The summed E-state index contributed by atoms with van der Waals surface area (Å²) < 4.78 is 57.1. The van der Waals surface area contributed by atoms with E-state index >= 15 is 0 Å². The average Bonchev–Trinajstić information content (AvgIpc) is 3.39. The van der Waals surface area contributed by atoms with Crippen LogP contribution in [0.3, 0.4) is 0 Å². The standard InChI is InChI=1S/C37H45F3N2O4/c1-3-20-42(23-24-11-6-4-7-12-24)21-19-35-27-15-10-16-29(35)46-33-30(35)26(22-28(27)42)17-18-36(33,45-2)41-34(44)31(37(38,39)40)32(43)25-13-8-5-9-14-25/h3,5,8-9,13-14,17-18,24,27-29,33H,1,4,6-7,10-12,15-16,19-23H2,2H3,(H-,41,43,44)/p+1/t27-,28+,29-,33?,35+,36?,42?/m0/s1. The molecule has 2 saturated carbocycles. The van der Waals surface area contributed by atoms with Crippen LogP contribution in [-0.2, 0) is 14.3 Å². The number of methoxy groups -OCH3 is 1. The number of ether oxygens (including phenoxy) is 2. The number of likely N-dealkylation sites (tertiary alicyclic amines) is 1. The van der Waals surface area contributed by atoms with Crippen LogP contribution in [0.1, 0.15) is 69.8 Å². The summed E-state index contributed by atoms with van der Waals surface area (Å²) in [4.78, 5) is 13.6. The molecule has 248 valence electrons. The summed E-state index contributed by atoms with van der Waals surface area (Å²) in [6.45, 7) is 7.35. The van der Waals surface area contributed by atoms with Crippen molar-refractivity contribution in [3.8, 4) is 0 Å². The minimum Gasteiger partial charge on any atom is -0.506 e. The Morgan fingerprint density at radius 3 is 2.61 bits per heavy atom. The number of hydrogen-bond donors (Lipinski definition) is 2. The number of quaternary nitrogens is 1. The first-order valence-electron chi connectivity index (χ1n) is 17.1. The van der Waals surface area contributed by atoms with Crippen molar-refractivity contribution in [1.29, 1.82) is 0 Å². The summed E-state index contributed by atoms with van der Waals surface area (Å²) in [6, 6.07) is 7.74. The molecule has 2 N–H and O–H groups in total. The fraction of sp³-hybridized carbons (Fsp3) is 0.595. The number of carbonyl (C=O) groups excluding carboxylic acids is 1. The number of halogens is 3. The molecule has 6 aliphatic rings. The van der Waals surface area contributed by atoms with Crippen molar-refractivity contribution in [2.24, 2.45) is 17.3 Å². The maximum atomic E-state index is 14.4. The number of allylic oxidation sites excluding steroid dienone is 1. The number of nitrogens with zero attached hydrogens (tertiary/aromatic N) is 1. The molecule has 3 unspecified atom stereocenters. The fourth-order valence-corrected chi connectivity index (χ4v) is 10.6. The number of piperidine rings is 1. The summed E-state index contributed by atoms with van der Waals surface area (Å²) in [5, 5.41) is 13.3. The Morgan fingerprint density at radius 1 is 1.15 bits per heavy atom. The third kappa shape index (κ3) is 4.83. The number of hydrogen-bond acceptors (Lipinski definition) is 4. The lowest BCUT2D eigenvalue weighted by Gasteiger charge is -2.63. The third-order valence-electron chi connectivity index (χ3n) is 12.4. The molecular weight excluding hydrogens is 593 g/mol. The monoisotopic (exact) mass is 639 g/mol. The van der Waals surface area contributed by atoms with Crippen molar-refractivity contribution in [3.05, 3.63) is 77.4 Å². The van der Waals surface area contributed by atoms with Gasteiger partial charge in [-0.1, -0.05) is 68.7 Å². The molecule has 4 aliphatic carbocycles. The highest BCUT2D eigenvalue weighted by molar-refractivity contribution is 6.01. The zero-order valence-corrected chi connectivity index (χ0v) is 26.7. The molecule has 9 heteroatoms. The van der Waals surface area contributed by atoms with Crippen LogP contribution in [0.2, 0.25) is 0 Å². The van der Waals surface area contributed by atoms with Crippen LogP contribution in [-0.4, -0.2) is 72.4 Å². The number of rotatable bonds is 8. The topological polar surface area (TPSA) is 67.8 Å². The molecule has 46 heavy (non-hydrogen) atoms. The van der Waals surface area contributed by atoms with Crippen molar-refractivity contribution >= 4 is 11.7 Å². The second-order valence-corrected chi connectivity index (χ2v) is 14.5. The van der Waals surface area contributed by atoms with Gasteiger partial charge in [-0.25, -0.2) is 0 Å². The first kappa shape index (κ1) is 31.7. The molecule has 7 rings (SSSR count). The van der Waals surface area contributed by atoms with Gasteiger partial charge < -0.3 is 24.4 Å². The van der Waals surface area contributed by atoms with E-state index in [4.69, 9.17) is 9.47 Å². The predicted molar refractivity (Wildman–Crippen MR) is 169 cm³/mol. The highest BCUT2D eigenvalue weighted by Crippen LogP contribution is 2.67. The molecule has 1 amide bonds. The fourth-order valence-electron chi connectivity index (χ4n) is 10.6. The van der Waals surface area contributed by atoms with E-state index in [1.807, 2.05) is 6.08 Å². The lowest BCUT2D eigenvalue weighted by atomic mass is 9.50. The molecule has 2 saturated heterocycles. The molecule has 2 aliphatic heterocycles. The molecule has 1 aromatic rings. The molecular formula is C37H46F3N2O4+. The molecule has 6 nitrogen and oxygen atoms in total. The highest BCUT2D eigenvalue weighted by atomic mass is 19.4. The second kappa shape index (κ2) is 11.7. The smallest absolute Gasteiger partial charge is 0.425 e.